The molecule has 0 aliphatic heterocycles. The van der Waals surface area contributed by atoms with E-state index in [4.69, 9.17) is 0 Å². The summed E-state index contributed by atoms with van der Waals surface area (Å²) in [4.78, 5) is 14.0. The summed E-state index contributed by atoms with van der Waals surface area (Å²) in [5.74, 6) is 0.111. The van der Waals surface area contributed by atoms with Gasteiger partial charge in [-0.1, -0.05) is 42.0 Å². The van der Waals surface area contributed by atoms with E-state index in [9.17, 15) is 4.79 Å². The maximum absolute atomic E-state index is 12.3. The largest absolute Gasteiger partial charge is 0.315 e. The van der Waals surface area contributed by atoms with E-state index in [-0.39, 0.29) is 5.91 Å². The number of hydrogen-bond donors (Lipinski definition) is 0. The van der Waals surface area contributed by atoms with Crippen LogP contribution in [0.1, 0.15) is 16.7 Å². The Balaban J connectivity index is 2.15. The van der Waals surface area contributed by atoms with Gasteiger partial charge in [0.05, 0.1) is 6.42 Å². The number of amides is 1. The van der Waals surface area contributed by atoms with E-state index in [1.54, 1.807) is 4.90 Å². The summed E-state index contributed by atoms with van der Waals surface area (Å²) in [6.45, 7) is 4.10. The number of aryl methyl sites for hydroxylation is 2. The lowest BCUT2D eigenvalue weighted by Gasteiger charge is -2.18. The van der Waals surface area contributed by atoms with Crippen molar-refractivity contribution in [1.82, 2.24) is 0 Å². The Kier molecular flexibility index (Phi) is 4.00. The molecule has 98 valence electrons. The van der Waals surface area contributed by atoms with E-state index in [2.05, 4.69) is 18.2 Å². The molecule has 2 rings (SSSR count). The van der Waals surface area contributed by atoms with Crippen molar-refractivity contribution in [2.75, 3.05) is 11.9 Å². The number of carbonyl (C=O) groups excluding carboxylic acids is 1. The predicted molar refractivity (Wildman–Crippen MR) is 79.5 cm³/mol. The molecule has 0 aliphatic rings. The van der Waals surface area contributed by atoms with Crippen molar-refractivity contribution < 1.29 is 4.79 Å². The van der Waals surface area contributed by atoms with E-state index >= 15 is 0 Å². The summed E-state index contributed by atoms with van der Waals surface area (Å²) in [7, 11) is 1.82. The predicted octanol–water partition coefficient (Wildman–Crippen LogP) is 3.51. The lowest BCUT2D eigenvalue weighted by Crippen LogP contribution is -2.28. The first-order valence-electron chi connectivity index (χ1n) is 6.45. The Morgan fingerprint density at radius 1 is 1.05 bits per heavy atom. The maximum atomic E-state index is 12.3. The Bertz CT molecular complexity index is 575. The van der Waals surface area contributed by atoms with Gasteiger partial charge in [-0.15, -0.1) is 0 Å². The standard InChI is InChI=1S/C17H19NO/c1-13-9-10-14(2)15(11-13)12-17(19)18(3)16-7-5-4-6-8-16/h4-11H,12H2,1-3H3. The average molecular weight is 253 g/mol. The van der Waals surface area contributed by atoms with E-state index in [0.29, 0.717) is 6.42 Å². The average Bonchev–Trinajstić information content (AvgIpc) is 2.43. The molecule has 0 bridgehead atoms. The second-order valence-corrected chi connectivity index (χ2v) is 4.90. The number of anilines is 1. The van der Waals surface area contributed by atoms with Gasteiger partial charge in [0.2, 0.25) is 5.91 Å². The van der Waals surface area contributed by atoms with Crippen molar-refractivity contribution in [2.24, 2.45) is 0 Å². The Morgan fingerprint density at radius 2 is 1.74 bits per heavy atom. The first-order valence-corrected chi connectivity index (χ1v) is 6.45. The molecule has 0 spiro atoms. The second-order valence-electron chi connectivity index (χ2n) is 4.90. The molecule has 0 aliphatic carbocycles. The van der Waals surface area contributed by atoms with Crippen LogP contribution in [0.25, 0.3) is 0 Å². The van der Waals surface area contributed by atoms with Crippen LogP contribution in [0.4, 0.5) is 5.69 Å². The van der Waals surface area contributed by atoms with Crippen LogP contribution in [0.2, 0.25) is 0 Å². The number of rotatable bonds is 3. The molecule has 2 aromatic carbocycles. The first kappa shape index (κ1) is 13.3. The minimum atomic E-state index is 0.111. The molecular weight excluding hydrogens is 234 g/mol. The summed E-state index contributed by atoms with van der Waals surface area (Å²) in [5, 5.41) is 0. The van der Waals surface area contributed by atoms with E-state index < -0.39 is 0 Å². The van der Waals surface area contributed by atoms with Crippen LogP contribution in [0, 0.1) is 13.8 Å². The molecule has 1 amide bonds. The lowest BCUT2D eigenvalue weighted by molar-refractivity contribution is -0.117. The minimum Gasteiger partial charge on any atom is -0.315 e. The fraction of sp³-hybridized carbons (Fsp3) is 0.235. The summed E-state index contributed by atoms with van der Waals surface area (Å²) < 4.78 is 0. The zero-order chi connectivity index (χ0) is 13.8. The van der Waals surface area contributed by atoms with Gasteiger partial charge in [-0.2, -0.15) is 0 Å². The van der Waals surface area contributed by atoms with Gasteiger partial charge in [-0.25, -0.2) is 0 Å². The molecule has 0 saturated carbocycles. The topological polar surface area (TPSA) is 20.3 Å². The van der Waals surface area contributed by atoms with Crippen molar-refractivity contribution in [3.8, 4) is 0 Å². The van der Waals surface area contributed by atoms with Gasteiger partial charge in [0.25, 0.3) is 0 Å². The molecule has 0 unspecified atom stereocenters. The number of likely N-dealkylation sites (N-methyl/N-ethyl adjacent to an activating group) is 1. The van der Waals surface area contributed by atoms with Crippen molar-refractivity contribution in [2.45, 2.75) is 20.3 Å². The minimum absolute atomic E-state index is 0.111. The van der Waals surface area contributed by atoms with Crippen LogP contribution in [0.15, 0.2) is 48.5 Å². The van der Waals surface area contributed by atoms with Gasteiger partial charge in [0.1, 0.15) is 0 Å². The fourth-order valence-corrected chi connectivity index (χ4v) is 2.07. The highest BCUT2D eigenvalue weighted by atomic mass is 16.2. The van der Waals surface area contributed by atoms with Gasteiger partial charge in [0, 0.05) is 12.7 Å². The molecule has 0 saturated heterocycles. The molecule has 0 atom stereocenters. The number of nitrogens with zero attached hydrogens (tertiary/aromatic N) is 1. The molecule has 2 heteroatoms. The molecule has 0 N–H and O–H groups in total. The third-order valence-electron chi connectivity index (χ3n) is 3.36. The van der Waals surface area contributed by atoms with Crippen molar-refractivity contribution in [1.29, 1.82) is 0 Å². The normalized spacial score (nSPS) is 10.3. The smallest absolute Gasteiger partial charge is 0.231 e. The van der Waals surface area contributed by atoms with E-state index in [0.717, 1.165) is 11.3 Å². The Labute approximate surface area is 114 Å². The van der Waals surface area contributed by atoms with Crippen molar-refractivity contribution >= 4 is 11.6 Å². The van der Waals surface area contributed by atoms with Gasteiger partial charge in [-0.3, -0.25) is 4.79 Å². The SMILES string of the molecule is Cc1ccc(C)c(CC(=O)N(C)c2ccccc2)c1. The van der Waals surface area contributed by atoms with Crippen molar-refractivity contribution in [3.63, 3.8) is 0 Å². The first-order chi connectivity index (χ1) is 9.08. The maximum Gasteiger partial charge on any atom is 0.231 e. The van der Waals surface area contributed by atoms with Gasteiger partial charge < -0.3 is 4.90 Å². The second kappa shape index (κ2) is 5.70. The highest BCUT2D eigenvalue weighted by Gasteiger charge is 2.12. The Hall–Kier alpha value is -2.09. The zero-order valence-electron chi connectivity index (χ0n) is 11.7. The lowest BCUT2D eigenvalue weighted by atomic mass is 10.0. The van der Waals surface area contributed by atoms with Crippen LogP contribution in [0.5, 0.6) is 0 Å². The van der Waals surface area contributed by atoms with Crippen LogP contribution in [0.3, 0.4) is 0 Å². The Morgan fingerprint density at radius 3 is 2.42 bits per heavy atom. The number of carbonyl (C=O) groups is 1. The molecule has 0 radical (unpaired) electrons. The van der Waals surface area contributed by atoms with E-state index in [1.807, 2.05) is 51.2 Å². The fourth-order valence-electron chi connectivity index (χ4n) is 2.07. The number of para-hydroxylation sites is 1. The molecule has 0 heterocycles. The van der Waals surface area contributed by atoms with Gasteiger partial charge in [0.15, 0.2) is 0 Å². The molecule has 2 nitrogen and oxygen atoms in total. The van der Waals surface area contributed by atoms with Crippen LogP contribution < -0.4 is 4.90 Å². The van der Waals surface area contributed by atoms with Crippen LogP contribution in [-0.2, 0) is 11.2 Å². The summed E-state index contributed by atoms with van der Waals surface area (Å²) in [5.41, 5.74) is 4.39. The highest BCUT2D eigenvalue weighted by Crippen LogP contribution is 2.16. The third-order valence-corrected chi connectivity index (χ3v) is 3.36. The highest BCUT2D eigenvalue weighted by molar-refractivity contribution is 5.94. The van der Waals surface area contributed by atoms with Crippen LogP contribution >= 0.6 is 0 Å². The van der Waals surface area contributed by atoms with Gasteiger partial charge in [-0.05, 0) is 37.1 Å². The number of benzene rings is 2. The zero-order valence-corrected chi connectivity index (χ0v) is 11.7. The quantitative estimate of drug-likeness (QED) is 0.819. The molecule has 0 fully saturated rings. The van der Waals surface area contributed by atoms with Crippen molar-refractivity contribution in [3.05, 3.63) is 65.2 Å². The molecule has 0 aromatic heterocycles. The van der Waals surface area contributed by atoms with E-state index in [1.165, 1.54) is 11.1 Å². The van der Waals surface area contributed by atoms with Crippen LogP contribution in [-0.4, -0.2) is 13.0 Å². The summed E-state index contributed by atoms with van der Waals surface area (Å²) >= 11 is 0. The number of hydrogen-bond acceptors (Lipinski definition) is 1. The summed E-state index contributed by atoms with van der Waals surface area (Å²) in [6, 6.07) is 16.0. The third kappa shape index (κ3) is 3.22. The molecule has 2 aromatic rings. The monoisotopic (exact) mass is 253 g/mol. The summed E-state index contributed by atoms with van der Waals surface area (Å²) in [6.07, 6.45) is 0.443. The molecular formula is C17H19NO. The molecule has 19 heavy (non-hydrogen) atoms. The van der Waals surface area contributed by atoms with Gasteiger partial charge >= 0.3 is 0 Å².